The van der Waals surface area contributed by atoms with Crippen LogP contribution in [0.4, 0.5) is 14.5 Å². The molecule has 1 aliphatic rings. The molecular weight excluding hydrogens is 379 g/mol. The van der Waals surface area contributed by atoms with Gasteiger partial charge in [-0.15, -0.1) is 0 Å². The number of pyridine rings is 2. The standard InChI is InChI=1S/C15H9Cl2F2N3O3/c16-6-1-2-7(18)9-11(6)22(5-3-8(20)13(17)21-4-5)14(19)10(12(9)23)15(24)25/h3-4H,1-2,20H2,(H,24,25). The fourth-order valence-electron chi connectivity index (χ4n) is 2.62. The predicted molar refractivity (Wildman–Crippen MR) is 88.4 cm³/mol. The quantitative estimate of drug-likeness (QED) is 0.761. The SMILES string of the molecule is Nc1cc(-n2c(F)c(C(=O)O)c(=O)c3c2=C(Cl)CCC=3F)cnc1Cl. The number of rotatable bonds is 2. The monoisotopic (exact) mass is 387 g/mol. The third kappa shape index (κ3) is 2.67. The van der Waals surface area contributed by atoms with Gasteiger partial charge in [0.2, 0.25) is 11.4 Å². The highest BCUT2D eigenvalue weighted by molar-refractivity contribution is 6.45. The van der Waals surface area contributed by atoms with Crippen LogP contribution in [0.5, 0.6) is 0 Å². The van der Waals surface area contributed by atoms with Crippen molar-refractivity contribution in [2.75, 3.05) is 5.73 Å². The molecule has 0 radical (unpaired) electrons. The number of carboxylic acids is 1. The lowest BCUT2D eigenvalue weighted by molar-refractivity contribution is 0.0688. The van der Waals surface area contributed by atoms with Gasteiger partial charge in [-0.05, 0) is 12.5 Å². The highest BCUT2D eigenvalue weighted by atomic mass is 35.5. The molecule has 3 rings (SSSR count). The molecule has 0 saturated heterocycles. The first-order valence-corrected chi connectivity index (χ1v) is 7.66. The summed E-state index contributed by atoms with van der Waals surface area (Å²) in [6.07, 6.45) is 0.948. The van der Waals surface area contributed by atoms with Crippen LogP contribution in [-0.4, -0.2) is 20.6 Å². The maximum absolute atomic E-state index is 14.9. The van der Waals surface area contributed by atoms with Gasteiger partial charge in [0.1, 0.15) is 5.83 Å². The van der Waals surface area contributed by atoms with Gasteiger partial charge in [0.05, 0.1) is 28.1 Å². The van der Waals surface area contributed by atoms with Crippen molar-refractivity contribution >= 4 is 45.7 Å². The maximum atomic E-state index is 14.9. The summed E-state index contributed by atoms with van der Waals surface area (Å²) in [5, 5.41) is 8.30. The molecule has 0 spiro atoms. The van der Waals surface area contributed by atoms with E-state index in [-0.39, 0.29) is 39.8 Å². The number of nitrogens with two attached hydrogens (primary N) is 1. The summed E-state index contributed by atoms with van der Waals surface area (Å²) in [5.74, 6) is -4.10. The van der Waals surface area contributed by atoms with Crippen molar-refractivity contribution in [1.82, 2.24) is 9.55 Å². The van der Waals surface area contributed by atoms with Crippen LogP contribution in [0.3, 0.4) is 0 Å². The van der Waals surface area contributed by atoms with Gasteiger partial charge in [0.25, 0.3) is 0 Å². The molecule has 25 heavy (non-hydrogen) atoms. The first-order chi connectivity index (χ1) is 11.7. The topological polar surface area (TPSA) is 98.2 Å². The van der Waals surface area contributed by atoms with E-state index in [1.807, 2.05) is 0 Å². The Morgan fingerprint density at radius 2 is 2.00 bits per heavy atom. The summed E-state index contributed by atoms with van der Waals surface area (Å²) in [5.41, 5.74) is 3.11. The molecule has 0 unspecified atom stereocenters. The Kier molecular flexibility index (Phi) is 4.26. The number of aromatic carboxylic acids is 1. The van der Waals surface area contributed by atoms with E-state index in [1.54, 1.807) is 0 Å². The van der Waals surface area contributed by atoms with Crippen LogP contribution in [-0.2, 0) is 0 Å². The number of anilines is 1. The molecular formula is C15H9Cl2F2N3O3. The molecule has 0 fully saturated rings. The Morgan fingerprint density at radius 3 is 2.60 bits per heavy atom. The van der Waals surface area contributed by atoms with Crippen LogP contribution in [0.25, 0.3) is 16.5 Å². The molecule has 2 heterocycles. The van der Waals surface area contributed by atoms with Crippen molar-refractivity contribution in [3.8, 4) is 5.69 Å². The van der Waals surface area contributed by atoms with Gasteiger partial charge >= 0.3 is 5.97 Å². The maximum Gasteiger partial charge on any atom is 0.344 e. The number of halogens is 4. The van der Waals surface area contributed by atoms with Crippen molar-refractivity contribution < 1.29 is 18.7 Å². The summed E-state index contributed by atoms with van der Waals surface area (Å²) < 4.78 is 29.9. The third-order valence-corrected chi connectivity index (χ3v) is 4.42. The molecule has 10 heteroatoms. The lowest BCUT2D eigenvalue weighted by Gasteiger charge is -2.16. The van der Waals surface area contributed by atoms with E-state index in [1.165, 1.54) is 6.07 Å². The van der Waals surface area contributed by atoms with Crippen LogP contribution in [0.15, 0.2) is 17.1 Å². The Labute approximate surface area is 148 Å². The number of fused-ring (bicyclic) bond motifs is 1. The van der Waals surface area contributed by atoms with E-state index in [0.717, 1.165) is 6.20 Å². The van der Waals surface area contributed by atoms with Crippen molar-refractivity contribution in [2.45, 2.75) is 12.8 Å². The van der Waals surface area contributed by atoms with E-state index in [2.05, 4.69) is 4.98 Å². The van der Waals surface area contributed by atoms with Gasteiger partial charge < -0.3 is 10.8 Å². The number of hydrogen-bond acceptors (Lipinski definition) is 4. The summed E-state index contributed by atoms with van der Waals surface area (Å²) >= 11 is 11.8. The van der Waals surface area contributed by atoms with Crippen molar-refractivity contribution in [3.63, 3.8) is 0 Å². The van der Waals surface area contributed by atoms with Crippen LogP contribution < -0.4 is 21.7 Å². The van der Waals surface area contributed by atoms with Gasteiger partial charge in [-0.3, -0.25) is 9.36 Å². The zero-order valence-electron chi connectivity index (χ0n) is 12.3. The Bertz CT molecular complexity index is 1110. The van der Waals surface area contributed by atoms with E-state index < -0.39 is 34.0 Å². The van der Waals surface area contributed by atoms with Crippen molar-refractivity contribution in [1.29, 1.82) is 0 Å². The fraction of sp³-hybridized carbons (Fsp3) is 0.133. The number of carbonyl (C=O) groups is 1. The molecule has 0 amide bonds. The molecule has 1 aliphatic carbocycles. The molecule has 2 aromatic rings. The van der Waals surface area contributed by atoms with Crippen LogP contribution in [0, 0.1) is 5.95 Å². The van der Waals surface area contributed by atoms with E-state index in [4.69, 9.17) is 28.9 Å². The Hall–Kier alpha value is -2.45. The van der Waals surface area contributed by atoms with Gasteiger partial charge in [-0.2, -0.15) is 4.39 Å². The zero-order valence-corrected chi connectivity index (χ0v) is 13.8. The van der Waals surface area contributed by atoms with Crippen molar-refractivity contribution in [2.24, 2.45) is 0 Å². The predicted octanol–water partition coefficient (Wildman–Crippen LogP) is 1.52. The second-order valence-corrected chi connectivity index (χ2v) is 6.06. The van der Waals surface area contributed by atoms with E-state index in [9.17, 15) is 23.5 Å². The van der Waals surface area contributed by atoms with Crippen molar-refractivity contribution in [3.05, 3.63) is 49.7 Å². The summed E-state index contributed by atoms with van der Waals surface area (Å²) in [4.78, 5) is 27.4. The Morgan fingerprint density at radius 1 is 1.32 bits per heavy atom. The van der Waals surface area contributed by atoms with Crippen LogP contribution in [0.2, 0.25) is 5.15 Å². The largest absolute Gasteiger partial charge is 0.477 e. The summed E-state index contributed by atoms with van der Waals surface area (Å²) in [6.45, 7) is 0. The zero-order chi connectivity index (χ0) is 18.5. The van der Waals surface area contributed by atoms with Gasteiger partial charge in [-0.25, -0.2) is 14.2 Å². The lowest BCUT2D eigenvalue weighted by atomic mass is 10.1. The highest BCUT2D eigenvalue weighted by Crippen LogP contribution is 2.22. The average Bonchev–Trinajstić information content (AvgIpc) is 2.53. The minimum atomic E-state index is -1.83. The molecule has 0 aromatic carbocycles. The molecule has 0 aliphatic heterocycles. The first-order valence-electron chi connectivity index (χ1n) is 6.90. The number of hydrogen-bond donors (Lipinski definition) is 2. The van der Waals surface area contributed by atoms with E-state index in [0.29, 0.717) is 4.57 Å². The van der Waals surface area contributed by atoms with Gasteiger partial charge in [0.15, 0.2) is 10.7 Å². The second-order valence-electron chi connectivity index (χ2n) is 5.24. The lowest BCUT2D eigenvalue weighted by Crippen LogP contribution is -2.51. The normalized spacial score (nSPS) is 13.8. The average molecular weight is 388 g/mol. The molecule has 2 aromatic heterocycles. The summed E-state index contributed by atoms with van der Waals surface area (Å²) in [7, 11) is 0. The van der Waals surface area contributed by atoms with Crippen LogP contribution >= 0.6 is 23.2 Å². The molecule has 0 atom stereocenters. The minimum Gasteiger partial charge on any atom is -0.477 e. The van der Waals surface area contributed by atoms with Crippen LogP contribution in [0.1, 0.15) is 23.2 Å². The molecule has 0 saturated carbocycles. The smallest absolute Gasteiger partial charge is 0.344 e. The number of carboxylic acid groups (broad SMARTS) is 1. The minimum absolute atomic E-state index is 0.0119. The first kappa shape index (κ1) is 17.4. The third-order valence-electron chi connectivity index (χ3n) is 3.73. The van der Waals surface area contributed by atoms with Gasteiger partial charge in [-0.1, -0.05) is 23.2 Å². The Balaban J connectivity index is 2.63. The number of nitrogens with zero attached hydrogens (tertiary/aromatic N) is 2. The highest BCUT2D eigenvalue weighted by Gasteiger charge is 2.26. The molecule has 6 nitrogen and oxygen atoms in total. The summed E-state index contributed by atoms with van der Waals surface area (Å²) in [6, 6.07) is 1.21. The molecule has 130 valence electrons. The van der Waals surface area contributed by atoms with E-state index >= 15 is 0 Å². The number of aromatic nitrogens is 2. The second kappa shape index (κ2) is 6.12. The van der Waals surface area contributed by atoms with Gasteiger partial charge in [0, 0.05) is 11.5 Å². The number of nitrogen functional groups attached to an aromatic ring is 1. The molecule has 0 bridgehead atoms. The molecule has 3 N–H and O–H groups in total. The fourth-order valence-corrected chi connectivity index (χ4v) is 3.00.